The van der Waals surface area contributed by atoms with E-state index in [4.69, 9.17) is 9.72 Å². The minimum atomic E-state index is -0.138. The van der Waals surface area contributed by atoms with Crippen LogP contribution in [0.1, 0.15) is 46.1 Å². The van der Waals surface area contributed by atoms with E-state index in [-0.39, 0.29) is 11.9 Å². The number of carbonyl (C=O) groups excluding carboxylic acids is 1. The van der Waals surface area contributed by atoms with Crippen LogP contribution in [-0.4, -0.2) is 22.3 Å². The molecule has 1 N–H and O–H groups in total. The lowest BCUT2D eigenvalue weighted by Crippen LogP contribution is -2.23. The second-order valence-corrected chi connectivity index (χ2v) is 8.12. The molecule has 0 spiro atoms. The number of anilines is 1. The van der Waals surface area contributed by atoms with E-state index >= 15 is 0 Å². The maximum absolute atomic E-state index is 12.7. The third kappa shape index (κ3) is 3.41. The number of nitrogens with one attached hydrogen (secondary N) is 1. The number of thiazole rings is 1. The Morgan fingerprint density at radius 2 is 2.11 bits per heavy atom. The van der Waals surface area contributed by atoms with E-state index in [1.165, 1.54) is 16.9 Å². The van der Waals surface area contributed by atoms with Gasteiger partial charge < -0.3 is 4.74 Å². The number of nitrogens with zero attached hydrogens (tertiary/aromatic N) is 2. The van der Waals surface area contributed by atoms with E-state index in [1.807, 2.05) is 36.4 Å². The zero-order valence-corrected chi connectivity index (χ0v) is 16.2. The van der Waals surface area contributed by atoms with Crippen molar-refractivity contribution in [2.75, 3.05) is 11.9 Å². The van der Waals surface area contributed by atoms with Crippen molar-refractivity contribution in [3.63, 3.8) is 0 Å². The third-order valence-electron chi connectivity index (χ3n) is 5.38. The molecular formula is C22H21N3O2S. The Morgan fingerprint density at radius 1 is 1.18 bits per heavy atom. The molecule has 2 aromatic carbocycles. The molecular weight excluding hydrogens is 370 g/mol. The molecule has 4 bridgehead atoms. The molecule has 1 atom stereocenters. The van der Waals surface area contributed by atoms with Crippen LogP contribution >= 0.6 is 11.3 Å². The number of hydrogen-bond acceptors (Lipinski definition) is 5. The van der Waals surface area contributed by atoms with Crippen LogP contribution in [0, 0.1) is 0 Å². The van der Waals surface area contributed by atoms with Crippen LogP contribution in [0.2, 0.25) is 0 Å². The summed E-state index contributed by atoms with van der Waals surface area (Å²) in [5.41, 5.74) is 3.81. The molecule has 0 radical (unpaired) electrons. The van der Waals surface area contributed by atoms with E-state index in [2.05, 4.69) is 27.7 Å². The molecule has 5 rings (SSSR count). The minimum Gasteiger partial charge on any atom is -0.489 e. The number of ether oxygens (including phenoxy) is 1. The smallest absolute Gasteiger partial charge is 0.257 e. The molecule has 0 aliphatic carbocycles. The van der Waals surface area contributed by atoms with Crippen LogP contribution in [0.4, 0.5) is 5.13 Å². The fraction of sp³-hybridized carbons (Fsp3) is 0.273. The predicted molar refractivity (Wildman–Crippen MR) is 110 cm³/mol. The van der Waals surface area contributed by atoms with Crippen LogP contribution in [0.3, 0.4) is 0 Å². The highest BCUT2D eigenvalue weighted by Gasteiger charge is 2.29. The van der Waals surface area contributed by atoms with Crippen LogP contribution < -0.4 is 10.1 Å². The van der Waals surface area contributed by atoms with Gasteiger partial charge in [-0.2, -0.15) is 0 Å². The van der Waals surface area contributed by atoms with Gasteiger partial charge in [0.1, 0.15) is 12.4 Å². The van der Waals surface area contributed by atoms with Crippen LogP contribution in [0.25, 0.3) is 0 Å². The first-order valence-corrected chi connectivity index (χ1v) is 10.4. The number of benzene rings is 2. The van der Waals surface area contributed by atoms with Crippen molar-refractivity contribution in [1.82, 2.24) is 9.88 Å². The Hall–Kier alpha value is -2.70. The van der Waals surface area contributed by atoms with Crippen molar-refractivity contribution in [1.29, 1.82) is 0 Å². The van der Waals surface area contributed by atoms with Gasteiger partial charge in [0, 0.05) is 23.1 Å². The Labute approximate surface area is 168 Å². The molecule has 1 aromatic heterocycles. The maximum Gasteiger partial charge on any atom is 0.257 e. The van der Waals surface area contributed by atoms with Gasteiger partial charge in [-0.3, -0.25) is 15.0 Å². The lowest BCUT2D eigenvalue weighted by Gasteiger charge is -2.24. The van der Waals surface area contributed by atoms with Crippen molar-refractivity contribution < 1.29 is 9.53 Å². The van der Waals surface area contributed by atoms with Gasteiger partial charge >= 0.3 is 0 Å². The van der Waals surface area contributed by atoms with Crippen molar-refractivity contribution in [2.24, 2.45) is 0 Å². The quantitative estimate of drug-likeness (QED) is 0.607. The van der Waals surface area contributed by atoms with Gasteiger partial charge in [0.2, 0.25) is 0 Å². The van der Waals surface area contributed by atoms with Gasteiger partial charge in [-0.25, -0.2) is 4.98 Å². The maximum atomic E-state index is 12.7. The van der Waals surface area contributed by atoms with Gasteiger partial charge in [0.15, 0.2) is 5.13 Å². The predicted octanol–water partition coefficient (Wildman–Crippen LogP) is 4.62. The molecule has 1 amide bonds. The first-order chi connectivity index (χ1) is 13.8. The van der Waals surface area contributed by atoms with E-state index < -0.39 is 0 Å². The summed E-state index contributed by atoms with van der Waals surface area (Å²) < 4.78 is 6.14. The summed E-state index contributed by atoms with van der Waals surface area (Å²) in [5.74, 6) is 0.762. The standard InChI is InChI=1S/C22H21N3O2S/c26-21-16-7-3-5-15(11-16)13-27-20-9-2-1-6-17(20)12-25-10-4-8-19(25)18-14-28-22(23-18)24-21/h1-3,5-7,9,11,14,19H,4,8,10,12-13H2,(H,23,24,26)/t19-/m1/s1. The molecule has 28 heavy (non-hydrogen) atoms. The molecule has 0 saturated carbocycles. The Bertz CT molecular complexity index is 1020. The lowest BCUT2D eigenvalue weighted by atomic mass is 10.1. The van der Waals surface area contributed by atoms with Gasteiger partial charge in [-0.15, -0.1) is 11.3 Å². The summed E-state index contributed by atoms with van der Waals surface area (Å²) >= 11 is 1.49. The van der Waals surface area contributed by atoms with Crippen molar-refractivity contribution in [3.8, 4) is 5.75 Å². The number of rotatable bonds is 0. The zero-order chi connectivity index (χ0) is 18.9. The zero-order valence-electron chi connectivity index (χ0n) is 15.4. The van der Waals surface area contributed by atoms with Crippen LogP contribution in [0.15, 0.2) is 53.9 Å². The summed E-state index contributed by atoms with van der Waals surface area (Å²) in [6.07, 6.45) is 2.23. The van der Waals surface area contributed by atoms with Gasteiger partial charge in [0.05, 0.1) is 11.7 Å². The van der Waals surface area contributed by atoms with E-state index in [9.17, 15) is 4.79 Å². The number of aromatic nitrogens is 1. The third-order valence-corrected chi connectivity index (χ3v) is 6.15. The van der Waals surface area contributed by atoms with Crippen LogP contribution in [0.5, 0.6) is 5.75 Å². The highest BCUT2D eigenvalue weighted by atomic mass is 32.1. The first-order valence-electron chi connectivity index (χ1n) is 9.57. The largest absolute Gasteiger partial charge is 0.489 e. The van der Waals surface area contributed by atoms with Crippen LogP contribution in [-0.2, 0) is 13.2 Å². The summed E-state index contributed by atoms with van der Waals surface area (Å²) in [5, 5.41) is 5.68. The van der Waals surface area contributed by atoms with Crippen molar-refractivity contribution in [3.05, 3.63) is 76.3 Å². The minimum absolute atomic E-state index is 0.138. The first kappa shape index (κ1) is 17.4. The summed E-state index contributed by atoms with van der Waals surface area (Å²) in [4.78, 5) is 19.8. The average Bonchev–Trinajstić information content (AvgIpc) is 3.36. The topological polar surface area (TPSA) is 54.5 Å². The molecule has 5 nitrogen and oxygen atoms in total. The summed E-state index contributed by atoms with van der Waals surface area (Å²) in [6, 6.07) is 16.1. The summed E-state index contributed by atoms with van der Waals surface area (Å²) in [7, 11) is 0. The Balaban J connectivity index is 1.56. The van der Waals surface area contributed by atoms with E-state index in [1.54, 1.807) is 0 Å². The molecule has 2 aliphatic heterocycles. The number of hydrogen-bond donors (Lipinski definition) is 1. The molecule has 1 fully saturated rings. The number of carbonyl (C=O) groups is 1. The van der Waals surface area contributed by atoms with Crippen molar-refractivity contribution in [2.45, 2.75) is 32.0 Å². The molecule has 3 heterocycles. The SMILES string of the molecule is O=C1Nc2nc(cs2)[C@H]2CCCN2Cc2ccccc2OCc2cccc1c2. The molecule has 1 saturated heterocycles. The second kappa shape index (κ2) is 7.37. The molecule has 3 aromatic rings. The lowest BCUT2D eigenvalue weighted by molar-refractivity contribution is 0.102. The number of para-hydroxylation sites is 1. The highest BCUT2D eigenvalue weighted by Crippen LogP contribution is 2.36. The highest BCUT2D eigenvalue weighted by molar-refractivity contribution is 7.14. The van der Waals surface area contributed by atoms with Gasteiger partial charge in [0.25, 0.3) is 5.91 Å². The molecule has 2 aliphatic rings. The second-order valence-electron chi connectivity index (χ2n) is 7.26. The number of fused-ring (bicyclic) bond motifs is 7. The molecule has 142 valence electrons. The van der Waals surface area contributed by atoms with Gasteiger partial charge in [-0.05, 0) is 43.1 Å². The Kier molecular flexibility index (Phi) is 4.58. The van der Waals surface area contributed by atoms with Crippen molar-refractivity contribution >= 4 is 22.4 Å². The average molecular weight is 391 g/mol. The normalized spacial score (nSPS) is 19.6. The Morgan fingerprint density at radius 3 is 3.07 bits per heavy atom. The molecule has 6 heteroatoms. The fourth-order valence-electron chi connectivity index (χ4n) is 3.97. The van der Waals surface area contributed by atoms with E-state index in [0.29, 0.717) is 17.3 Å². The van der Waals surface area contributed by atoms with Gasteiger partial charge in [-0.1, -0.05) is 30.3 Å². The number of amides is 1. The van der Waals surface area contributed by atoms with E-state index in [0.717, 1.165) is 42.9 Å². The summed E-state index contributed by atoms with van der Waals surface area (Å²) in [6.45, 7) is 2.31. The molecule has 0 unspecified atom stereocenters. The fourth-order valence-corrected chi connectivity index (χ4v) is 4.73. The monoisotopic (exact) mass is 391 g/mol.